The van der Waals surface area contributed by atoms with Crippen molar-refractivity contribution >= 4 is 11.9 Å². The maximum Gasteiger partial charge on any atom is 0.320 e. The van der Waals surface area contributed by atoms with E-state index in [-0.39, 0.29) is 43.2 Å². The molecule has 0 bridgehead atoms. The van der Waals surface area contributed by atoms with Crippen LogP contribution in [-0.4, -0.2) is 78.4 Å². The van der Waals surface area contributed by atoms with Gasteiger partial charge in [-0.05, 0) is 6.42 Å². The van der Waals surface area contributed by atoms with E-state index < -0.39 is 0 Å². The zero-order valence-corrected chi connectivity index (χ0v) is 10.7. The molecule has 3 amide bonds. The molecular weight excluding hydrogens is 250 g/mol. The molecule has 7 heteroatoms. The molecule has 0 aromatic carbocycles. The molecule has 0 spiro atoms. The fraction of sp³-hybridized carbons (Fsp3) is 0.833. The molecule has 19 heavy (non-hydrogen) atoms. The molecule has 7 nitrogen and oxygen atoms in total. The van der Waals surface area contributed by atoms with Gasteiger partial charge in [0.05, 0.1) is 12.1 Å². The Balaban J connectivity index is 1.55. The summed E-state index contributed by atoms with van der Waals surface area (Å²) >= 11 is 0. The first-order valence-electron chi connectivity index (χ1n) is 6.73. The average molecular weight is 269 g/mol. The highest BCUT2D eigenvalue weighted by atomic mass is 16.5. The summed E-state index contributed by atoms with van der Waals surface area (Å²) in [6.45, 7) is 2.69. The van der Waals surface area contributed by atoms with Gasteiger partial charge in [-0.15, -0.1) is 0 Å². The lowest BCUT2D eigenvalue weighted by Gasteiger charge is -2.45. The number of hydrogen-bond acceptors (Lipinski definition) is 4. The fourth-order valence-electron chi connectivity index (χ4n) is 2.92. The number of aliphatic hydroxyl groups is 1. The minimum absolute atomic E-state index is 0.00275. The lowest BCUT2D eigenvalue weighted by atomic mass is 9.99. The second kappa shape index (κ2) is 4.97. The van der Waals surface area contributed by atoms with Crippen molar-refractivity contribution in [2.24, 2.45) is 5.92 Å². The molecule has 3 heterocycles. The third kappa shape index (κ3) is 2.40. The van der Waals surface area contributed by atoms with E-state index >= 15 is 0 Å². The van der Waals surface area contributed by atoms with Crippen LogP contribution in [0.2, 0.25) is 0 Å². The van der Waals surface area contributed by atoms with Gasteiger partial charge in [-0.1, -0.05) is 0 Å². The molecule has 2 atom stereocenters. The van der Waals surface area contributed by atoms with Crippen molar-refractivity contribution in [3.05, 3.63) is 0 Å². The number of aliphatic hydroxyl groups excluding tert-OH is 1. The second-order valence-electron chi connectivity index (χ2n) is 5.49. The Labute approximate surface area is 111 Å². The lowest BCUT2D eigenvalue weighted by molar-refractivity contribution is -0.139. The second-order valence-corrected chi connectivity index (χ2v) is 5.49. The normalized spacial score (nSPS) is 31.5. The number of ether oxygens (including phenoxy) is 1. The standard InChI is InChI=1S/C12H19N3O4/c16-6-8-3-15(4-8)12(18)14-2-1-10-9(5-14)13-11(17)7-19-10/h8-10,16H,1-7H2,(H,13,17)/t9-,10+/m1/s1. The summed E-state index contributed by atoms with van der Waals surface area (Å²) in [5, 5.41) is 11.8. The fourth-order valence-corrected chi connectivity index (χ4v) is 2.92. The summed E-state index contributed by atoms with van der Waals surface area (Å²) in [7, 11) is 0. The minimum atomic E-state index is -0.111. The predicted molar refractivity (Wildman–Crippen MR) is 65.4 cm³/mol. The third-order valence-corrected chi connectivity index (χ3v) is 4.08. The van der Waals surface area contributed by atoms with Gasteiger partial charge in [-0.25, -0.2) is 4.79 Å². The molecule has 3 fully saturated rings. The number of fused-ring (bicyclic) bond motifs is 1. The van der Waals surface area contributed by atoms with Crippen LogP contribution in [0.5, 0.6) is 0 Å². The number of carbonyl (C=O) groups excluding carboxylic acids is 2. The Kier molecular flexibility index (Phi) is 3.32. The predicted octanol–water partition coefficient (Wildman–Crippen LogP) is -1.38. The molecule has 3 saturated heterocycles. The summed E-state index contributed by atoms with van der Waals surface area (Å²) in [6.07, 6.45) is 0.789. The minimum Gasteiger partial charge on any atom is -0.396 e. The summed E-state index contributed by atoms with van der Waals surface area (Å²) in [5.74, 6) is 0.110. The molecule has 3 rings (SSSR count). The number of rotatable bonds is 1. The monoisotopic (exact) mass is 269 g/mol. The van der Waals surface area contributed by atoms with Crippen molar-refractivity contribution < 1.29 is 19.4 Å². The molecule has 0 aliphatic carbocycles. The first-order chi connectivity index (χ1) is 9.17. The number of nitrogens with zero attached hydrogens (tertiary/aromatic N) is 2. The Hall–Kier alpha value is -1.34. The van der Waals surface area contributed by atoms with E-state index in [1.54, 1.807) is 9.80 Å². The number of morpholine rings is 1. The SMILES string of the molecule is O=C1CO[C@H]2CCN(C(=O)N3CC(CO)C3)C[C@H]2N1. The lowest BCUT2D eigenvalue weighted by Crippen LogP contribution is -2.64. The van der Waals surface area contributed by atoms with E-state index in [0.29, 0.717) is 26.2 Å². The van der Waals surface area contributed by atoms with Gasteiger partial charge in [0.15, 0.2) is 0 Å². The van der Waals surface area contributed by atoms with Crippen LogP contribution in [-0.2, 0) is 9.53 Å². The summed E-state index contributed by atoms with van der Waals surface area (Å²) in [6, 6.07) is -0.0863. The Morgan fingerprint density at radius 3 is 2.89 bits per heavy atom. The van der Waals surface area contributed by atoms with E-state index in [1.807, 2.05) is 0 Å². The van der Waals surface area contributed by atoms with E-state index in [0.717, 1.165) is 6.42 Å². The topological polar surface area (TPSA) is 82.1 Å². The molecule has 0 saturated carbocycles. The van der Waals surface area contributed by atoms with E-state index in [1.165, 1.54) is 0 Å². The maximum atomic E-state index is 12.2. The van der Waals surface area contributed by atoms with Gasteiger partial charge < -0.3 is 25.0 Å². The quantitative estimate of drug-likeness (QED) is 0.615. The van der Waals surface area contributed by atoms with Crippen molar-refractivity contribution in [1.82, 2.24) is 15.1 Å². The molecule has 2 N–H and O–H groups in total. The van der Waals surface area contributed by atoms with Crippen LogP contribution >= 0.6 is 0 Å². The molecule has 0 aromatic rings. The molecule has 3 aliphatic rings. The van der Waals surface area contributed by atoms with Crippen molar-refractivity contribution in [2.45, 2.75) is 18.6 Å². The van der Waals surface area contributed by atoms with Crippen LogP contribution in [0.3, 0.4) is 0 Å². The zero-order chi connectivity index (χ0) is 13.4. The molecule has 3 aliphatic heterocycles. The van der Waals surface area contributed by atoms with Crippen LogP contribution in [0.1, 0.15) is 6.42 Å². The number of urea groups is 1. The Morgan fingerprint density at radius 2 is 2.16 bits per heavy atom. The van der Waals surface area contributed by atoms with E-state index in [4.69, 9.17) is 9.84 Å². The van der Waals surface area contributed by atoms with Crippen molar-refractivity contribution in [3.8, 4) is 0 Å². The molecule has 0 unspecified atom stereocenters. The Bertz CT molecular complexity index is 383. The highest BCUT2D eigenvalue weighted by Gasteiger charge is 2.39. The summed E-state index contributed by atoms with van der Waals surface area (Å²) < 4.78 is 5.46. The van der Waals surface area contributed by atoms with Crippen molar-refractivity contribution in [2.75, 3.05) is 39.4 Å². The molecule has 0 aromatic heterocycles. The van der Waals surface area contributed by atoms with Gasteiger partial charge in [0, 0.05) is 38.7 Å². The highest BCUT2D eigenvalue weighted by Crippen LogP contribution is 2.22. The van der Waals surface area contributed by atoms with Gasteiger partial charge in [-0.3, -0.25) is 4.79 Å². The molecule has 106 valence electrons. The first kappa shape index (κ1) is 12.7. The van der Waals surface area contributed by atoms with Crippen LogP contribution in [0, 0.1) is 5.92 Å². The number of carbonyl (C=O) groups is 2. The average Bonchev–Trinajstić information content (AvgIpc) is 2.36. The number of piperidine rings is 1. The third-order valence-electron chi connectivity index (χ3n) is 4.08. The van der Waals surface area contributed by atoms with Crippen LogP contribution < -0.4 is 5.32 Å². The number of likely N-dealkylation sites (tertiary alicyclic amines) is 2. The van der Waals surface area contributed by atoms with Gasteiger partial charge in [-0.2, -0.15) is 0 Å². The number of hydrogen-bond donors (Lipinski definition) is 2. The van der Waals surface area contributed by atoms with Crippen molar-refractivity contribution in [1.29, 1.82) is 0 Å². The highest BCUT2D eigenvalue weighted by molar-refractivity contribution is 5.79. The summed E-state index contributed by atoms with van der Waals surface area (Å²) in [5.41, 5.74) is 0. The Morgan fingerprint density at radius 1 is 1.37 bits per heavy atom. The number of amides is 3. The van der Waals surface area contributed by atoms with Crippen LogP contribution in [0.4, 0.5) is 4.79 Å². The maximum absolute atomic E-state index is 12.2. The van der Waals surface area contributed by atoms with Gasteiger partial charge in [0.25, 0.3) is 0 Å². The van der Waals surface area contributed by atoms with E-state index in [2.05, 4.69) is 5.32 Å². The van der Waals surface area contributed by atoms with Crippen LogP contribution in [0.25, 0.3) is 0 Å². The summed E-state index contributed by atoms with van der Waals surface area (Å²) in [4.78, 5) is 27.0. The molecule has 0 radical (unpaired) electrons. The largest absolute Gasteiger partial charge is 0.396 e. The van der Waals surface area contributed by atoms with Gasteiger partial charge in [0.1, 0.15) is 6.61 Å². The van der Waals surface area contributed by atoms with Gasteiger partial charge >= 0.3 is 6.03 Å². The van der Waals surface area contributed by atoms with Gasteiger partial charge in [0.2, 0.25) is 5.91 Å². The van der Waals surface area contributed by atoms with Crippen LogP contribution in [0.15, 0.2) is 0 Å². The van der Waals surface area contributed by atoms with Crippen molar-refractivity contribution in [3.63, 3.8) is 0 Å². The number of nitrogens with one attached hydrogen (secondary N) is 1. The molecular formula is C12H19N3O4. The zero-order valence-electron chi connectivity index (χ0n) is 10.7. The smallest absolute Gasteiger partial charge is 0.320 e. The first-order valence-corrected chi connectivity index (χ1v) is 6.73. The van der Waals surface area contributed by atoms with E-state index in [9.17, 15) is 9.59 Å².